The van der Waals surface area contributed by atoms with E-state index < -0.39 is 30.8 Å². The average Bonchev–Trinajstić information content (AvgIpc) is 2.56. The molecule has 1 aliphatic heterocycles. The zero-order valence-electron chi connectivity index (χ0n) is 15.3. The van der Waals surface area contributed by atoms with Gasteiger partial charge in [0.1, 0.15) is 12.2 Å². The molecule has 1 saturated heterocycles. The summed E-state index contributed by atoms with van der Waals surface area (Å²) in [6.07, 6.45) is 6.55. The van der Waals surface area contributed by atoms with Gasteiger partial charge in [0.05, 0.1) is 19.1 Å². The summed E-state index contributed by atoms with van der Waals surface area (Å²) in [6.45, 7) is 1.64. The monoisotopic (exact) mass is 361 g/mol. The molecule has 25 heavy (non-hydrogen) atoms. The molecule has 0 bridgehead atoms. The van der Waals surface area contributed by atoms with E-state index in [0.29, 0.717) is 0 Å². The molecule has 0 radical (unpaired) electrons. The van der Waals surface area contributed by atoms with E-state index in [4.69, 9.17) is 9.84 Å². The molecule has 0 spiro atoms. The maximum Gasteiger partial charge on any atom is 0.251 e. The van der Waals surface area contributed by atoms with Crippen LogP contribution >= 0.6 is 0 Å². The van der Waals surface area contributed by atoms with Crippen molar-refractivity contribution in [3.05, 3.63) is 0 Å². The van der Waals surface area contributed by atoms with Gasteiger partial charge in [0.2, 0.25) is 5.91 Å². The molecule has 7 nitrogen and oxygen atoms in total. The Morgan fingerprint density at radius 2 is 1.64 bits per heavy atom. The van der Waals surface area contributed by atoms with Gasteiger partial charge in [0.25, 0.3) is 5.91 Å². The summed E-state index contributed by atoms with van der Waals surface area (Å²) in [6, 6.07) is 0. The number of ether oxygens (including phenoxy) is 1. The molecular weight excluding hydrogens is 326 g/mol. The highest BCUT2D eigenvalue weighted by molar-refractivity contribution is 5.76. The fourth-order valence-electron chi connectivity index (χ4n) is 3.12. The number of nitrogens with one attached hydrogen (secondary N) is 1. The van der Waals surface area contributed by atoms with Crippen molar-refractivity contribution >= 4 is 5.91 Å². The molecule has 0 aliphatic carbocycles. The maximum atomic E-state index is 11.9. The third-order valence-corrected chi connectivity index (χ3v) is 4.63. The lowest BCUT2D eigenvalue weighted by Crippen LogP contribution is -2.62. The summed E-state index contributed by atoms with van der Waals surface area (Å²) >= 11 is 0. The predicted octanol–water partition coefficient (Wildman–Crippen LogP) is 1.17. The first-order valence-electron chi connectivity index (χ1n) is 9.60. The fraction of sp³-hybridized carbons (Fsp3) is 0.944. The molecule has 1 fully saturated rings. The summed E-state index contributed by atoms with van der Waals surface area (Å²) < 4.78 is 5.13. The molecule has 1 unspecified atom stereocenters. The van der Waals surface area contributed by atoms with Gasteiger partial charge in [-0.15, -0.1) is 0 Å². The number of carbonyl (C=O) groups excluding carboxylic acids is 1. The van der Waals surface area contributed by atoms with Crippen LogP contribution in [0, 0.1) is 0 Å². The Hall–Kier alpha value is -0.730. The maximum absolute atomic E-state index is 11.9. The van der Waals surface area contributed by atoms with E-state index in [1.807, 2.05) is 0 Å². The highest BCUT2D eigenvalue weighted by Crippen LogP contribution is 2.25. The van der Waals surface area contributed by atoms with Gasteiger partial charge in [0, 0.05) is 6.42 Å². The van der Waals surface area contributed by atoms with Crippen molar-refractivity contribution in [2.75, 3.05) is 6.61 Å². The van der Waals surface area contributed by atoms with Crippen molar-refractivity contribution in [3.63, 3.8) is 0 Å². The first-order valence-corrected chi connectivity index (χ1v) is 9.60. The number of aliphatic hydroxyl groups is 4. The quantitative estimate of drug-likeness (QED) is 0.263. The van der Waals surface area contributed by atoms with Gasteiger partial charge in [-0.3, -0.25) is 4.79 Å². The third kappa shape index (κ3) is 8.46. The number of amides is 1. The minimum Gasteiger partial charge on any atom is -0.394 e. The van der Waals surface area contributed by atoms with Crippen molar-refractivity contribution in [1.82, 2.24) is 5.32 Å². The lowest BCUT2D eigenvalue weighted by atomic mass is 9.99. The van der Waals surface area contributed by atoms with Crippen LogP contribution in [0.25, 0.3) is 0 Å². The van der Waals surface area contributed by atoms with Crippen LogP contribution in [0.3, 0.4) is 0 Å². The van der Waals surface area contributed by atoms with Crippen molar-refractivity contribution < 1.29 is 30.0 Å². The number of hydrogen-bond acceptors (Lipinski definition) is 6. The van der Waals surface area contributed by atoms with E-state index in [0.717, 1.165) is 19.3 Å². The van der Waals surface area contributed by atoms with Crippen molar-refractivity contribution in [1.29, 1.82) is 0 Å². The first kappa shape index (κ1) is 22.3. The molecule has 0 saturated carbocycles. The lowest BCUT2D eigenvalue weighted by Gasteiger charge is -2.41. The van der Waals surface area contributed by atoms with Gasteiger partial charge >= 0.3 is 0 Å². The summed E-state index contributed by atoms with van der Waals surface area (Å²) in [5.41, 5.74) is 0. The van der Waals surface area contributed by atoms with Gasteiger partial charge in [-0.25, -0.2) is 0 Å². The normalized spacial score (nSPS) is 29.6. The molecular formula is C18H35NO6. The van der Waals surface area contributed by atoms with Crippen LogP contribution in [0.4, 0.5) is 0 Å². The number of rotatable bonds is 12. The standard InChI is InChI=1S/C18H35NO6/c1-2-3-4-5-6-7-8-9-10-11-16(22)19-18(24)12-14(21)17(23)15(13-20)25-18/h14-15,17,20-21,23-24H,2-13H2,1H3,(H,19,22)/t14-,15?,17+,18+/m1/s1. The predicted molar refractivity (Wildman–Crippen MR) is 93.5 cm³/mol. The highest BCUT2D eigenvalue weighted by Gasteiger charge is 2.45. The van der Waals surface area contributed by atoms with Crippen LogP contribution in [0.15, 0.2) is 0 Å². The van der Waals surface area contributed by atoms with E-state index in [-0.39, 0.29) is 18.7 Å². The molecule has 7 heteroatoms. The van der Waals surface area contributed by atoms with Crippen LogP contribution in [0.5, 0.6) is 0 Å². The lowest BCUT2D eigenvalue weighted by molar-refractivity contribution is -0.315. The minimum atomic E-state index is -2.05. The van der Waals surface area contributed by atoms with Crippen molar-refractivity contribution in [3.8, 4) is 0 Å². The van der Waals surface area contributed by atoms with E-state index >= 15 is 0 Å². The van der Waals surface area contributed by atoms with Gasteiger partial charge in [-0.2, -0.15) is 0 Å². The number of carbonyl (C=O) groups is 1. The summed E-state index contributed by atoms with van der Waals surface area (Å²) in [5, 5.41) is 41.1. The molecule has 148 valence electrons. The van der Waals surface area contributed by atoms with Crippen molar-refractivity contribution in [2.24, 2.45) is 0 Å². The molecule has 5 N–H and O–H groups in total. The van der Waals surface area contributed by atoms with E-state index in [1.165, 1.54) is 38.5 Å². The summed E-state index contributed by atoms with van der Waals surface area (Å²) in [4.78, 5) is 11.9. The van der Waals surface area contributed by atoms with Crippen LogP contribution in [-0.2, 0) is 9.53 Å². The number of aliphatic hydroxyl groups excluding tert-OH is 3. The average molecular weight is 361 g/mol. The minimum absolute atomic E-state index is 0.268. The Morgan fingerprint density at radius 1 is 1.08 bits per heavy atom. The second-order valence-electron chi connectivity index (χ2n) is 7.01. The van der Waals surface area contributed by atoms with Gasteiger partial charge < -0.3 is 30.5 Å². The smallest absolute Gasteiger partial charge is 0.251 e. The highest BCUT2D eigenvalue weighted by atomic mass is 16.7. The van der Waals surface area contributed by atoms with E-state index in [9.17, 15) is 20.1 Å². The molecule has 0 aromatic rings. The molecule has 1 heterocycles. The van der Waals surface area contributed by atoms with Gasteiger partial charge in [0.15, 0.2) is 0 Å². The molecule has 1 amide bonds. The zero-order valence-corrected chi connectivity index (χ0v) is 15.3. The van der Waals surface area contributed by atoms with E-state index in [1.54, 1.807) is 0 Å². The summed E-state index contributed by atoms with van der Waals surface area (Å²) in [5.74, 6) is -2.42. The molecule has 1 aliphatic rings. The second-order valence-corrected chi connectivity index (χ2v) is 7.01. The SMILES string of the molecule is CCCCCCCCCCCC(=O)N[C@]1(O)C[C@@H](O)[C@H](O)C(CO)O1. The Balaban J connectivity index is 2.17. The third-order valence-electron chi connectivity index (χ3n) is 4.63. The Kier molecular flexibility index (Phi) is 10.5. The van der Waals surface area contributed by atoms with Gasteiger partial charge in [-0.1, -0.05) is 58.3 Å². The fourth-order valence-corrected chi connectivity index (χ4v) is 3.12. The molecule has 4 atom stereocenters. The Labute approximate surface area is 150 Å². The van der Waals surface area contributed by atoms with Crippen LogP contribution in [0.1, 0.15) is 77.6 Å². The second kappa shape index (κ2) is 11.8. The van der Waals surface area contributed by atoms with Crippen molar-refractivity contribution in [2.45, 2.75) is 102 Å². The number of unbranched alkanes of at least 4 members (excludes halogenated alkanes) is 8. The van der Waals surface area contributed by atoms with Crippen LogP contribution < -0.4 is 5.32 Å². The van der Waals surface area contributed by atoms with Gasteiger partial charge in [-0.05, 0) is 6.42 Å². The Morgan fingerprint density at radius 3 is 2.20 bits per heavy atom. The zero-order chi connectivity index (χ0) is 18.7. The molecule has 1 rings (SSSR count). The number of hydrogen-bond donors (Lipinski definition) is 5. The molecule has 0 aromatic heterocycles. The Bertz CT molecular complexity index is 381. The summed E-state index contributed by atoms with van der Waals surface area (Å²) in [7, 11) is 0. The first-order chi connectivity index (χ1) is 11.9. The molecule has 0 aromatic carbocycles. The van der Waals surface area contributed by atoms with Crippen LogP contribution in [0.2, 0.25) is 0 Å². The van der Waals surface area contributed by atoms with E-state index in [2.05, 4.69) is 12.2 Å². The topological polar surface area (TPSA) is 119 Å². The largest absolute Gasteiger partial charge is 0.394 e. The van der Waals surface area contributed by atoms with Crippen LogP contribution in [-0.4, -0.2) is 57.2 Å².